The summed E-state index contributed by atoms with van der Waals surface area (Å²) in [4.78, 5) is 15.4. The van der Waals surface area contributed by atoms with Crippen molar-refractivity contribution in [2.45, 2.75) is 17.7 Å². The van der Waals surface area contributed by atoms with E-state index in [-0.39, 0.29) is 40.9 Å². The maximum absolute atomic E-state index is 13.2. The average Bonchev–Trinajstić information content (AvgIpc) is 2.95. The van der Waals surface area contributed by atoms with Crippen molar-refractivity contribution in [3.8, 4) is 0 Å². The van der Waals surface area contributed by atoms with E-state index in [2.05, 4.69) is 4.99 Å². The lowest BCUT2D eigenvalue weighted by atomic mass is 10.0. The number of hydrogen-bond acceptors (Lipinski definition) is 5. The van der Waals surface area contributed by atoms with Crippen LogP contribution in [0.2, 0.25) is 0 Å². The van der Waals surface area contributed by atoms with Crippen molar-refractivity contribution < 1.29 is 26.0 Å². The van der Waals surface area contributed by atoms with Crippen LogP contribution in [0, 0.1) is 12.7 Å². The third kappa shape index (κ3) is 5.19. The standard InChI is InChI=1S/C19H21FN4O5S2.ClH/c1-11-7-16(17(30(2,26)27)8-15(11)18(25)23-19(21)22)24-9-13(10-31(24,28)29)12-3-5-14(20)6-4-12;/h3-8,13H,9-10H2,1-2H3,(H4,21,22,23,25);1H. The van der Waals surface area contributed by atoms with Crippen LogP contribution < -0.4 is 15.8 Å². The van der Waals surface area contributed by atoms with Crippen molar-refractivity contribution in [3.05, 3.63) is 58.9 Å². The summed E-state index contributed by atoms with van der Waals surface area (Å²) >= 11 is 0. The van der Waals surface area contributed by atoms with E-state index in [9.17, 15) is 26.0 Å². The lowest BCUT2D eigenvalue weighted by Gasteiger charge is -2.22. The number of anilines is 1. The molecule has 2 aromatic carbocycles. The number of aryl methyl sites for hydroxylation is 1. The minimum Gasteiger partial charge on any atom is -0.370 e. The summed E-state index contributed by atoms with van der Waals surface area (Å²) in [5.41, 5.74) is 11.2. The van der Waals surface area contributed by atoms with E-state index in [0.29, 0.717) is 11.1 Å². The minimum absolute atomic E-state index is 0. The highest BCUT2D eigenvalue weighted by Gasteiger charge is 2.39. The highest BCUT2D eigenvalue weighted by molar-refractivity contribution is 7.93. The number of amides is 1. The van der Waals surface area contributed by atoms with Gasteiger partial charge in [0.25, 0.3) is 5.91 Å². The Balaban J connectivity index is 0.00000363. The Hall–Kier alpha value is -2.70. The van der Waals surface area contributed by atoms with Gasteiger partial charge in [0.15, 0.2) is 15.8 Å². The first-order valence-corrected chi connectivity index (χ1v) is 12.5. The summed E-state index contributed by atoms with van der Waals surface area (Å²) in [6, 6.07) is 7.87. The third-order valence-corrected chi connectivity index (χ3v) is 7.88. The number of guanidine groups is 1. The smallest absolute Gasteiger partial charge is 0.280 e. The summed E-state index contributed by atoms with van der Waals surface area (Å²) < 4.78 is 65.0. The highest BCUT2D eigenvalue weighted by Crippen LogP contribution is 2.37. The molecule has 1 atom stereocenters. The van der Waals surface area contributed by atoms with Crippen molar-refractivity contribution in [2.24, 2.45) is 16.5 Å². The van der Waals surface area contributed by atoms with Crippen LogP contribution in [0.1, 0.15) is 27.4 Å². The lowest BCUT2D eigenvalue weighted by molar-refractivity contribution is 0.100. The van der Waals surface area contributed by atoms with Gasteiger partial charge in [-0.05, 0) is 42.3 Å². The number of benzene rings is 2. The van der Waals surface area contributed by atoms with Gasteiger partial charge in [0.2, 0.25) is 10.0 Å². The van der Waals surface area contributed by atoms with Gasteiger partial charge in [0.05, 0.1) is 16.3 Å². The molecule has 1 unspecified atom stereocenters. The second kappa shape index (κ2) is 9.04. The van der Waals surface area contributed by atoms with Gasteiger partial charge in [-0.2, -0.15) is 4.99 Å². The molecule has 32 heavy (non-hydrogen) atoms. The molecular weight excluding hydrogens is 483 g/mol. The molecule has 1 amide bonds. The van der Waals surface area contributed by atoms with Crippen LogP contribution in [0.5, 0.6) is 0 Å². The molecule has 0 spiro atoms. The molecule has 1 heterocycles. The number of sulfonamides is 1. The quantitative estimate of drug-likeness (QED) is 0.470. The fraction of sp³-hybridized carbons (Fsp3) is 0.263. The molecule has 13 heteroatoms. The summed E-state index contributed by atoms with van der Waals surface area (Å²) in [7, 11) is -7.81. The molecule has 1 aliphatic rings. The monoisotopic (exact) mass is 504 g/mol. The third-order valence-electron chi connectivity index (χ3n) is 4.91. The van der Waals surface area contributed by atoms with Gasteiger partial charge >= 0.3 is 0 Å². The molecular formula is C19H22ClFN4O5S2. The van der Waals surface area contributed by atoms with Crippen molar-refractivity contribution in [2.75, 3.05) is 22.9 Å². The molecule has 1 saturated heterocycles. The lowest BCUT2D eigenvalue weighted by Crippen LogP contribution is -2.27. The van der Waals surface area contributed by atoms with Crippen LogP contribution in [0.25, 0.3) is 0 Å². The van der Waals surface area contributed by atoms with Crippen LogP contribution in [0.4, 0.5) is 10.1 Å². The summed E-state index contributed by atoms with van der Waals surface area (Å²) in [5.74, 6) is -2.53. The van der Waals surface area contributed by atoms with E-state index < -0.39 is 43.5 Å². The molecule has 0 radical (unpaired) electrons. The molecule has 0 saturated carbocycles. The zero-order chi connectivity index (χ0) is 23.1. The van der Waals surface area contributed by atoms with Crippen molar-refractivity contribution in [3.63, 3.8) is 0 Å². The van der Waals surface area contributed by atoms with Crippen molar-refractivity contribution >= 4 is 49.8 Å². The maximum Gasteiger partial charge on any atom is 0.280 e. The highest BCUT2D eigenvalue weighted by atomic mass is 35.5. The van der Waals surface area contributed by atoms with Crippen molar-refractivity contribution in [1.29, 1.82) is 0 Å². The van der Waals surface area contributed by atoms with E-state index in [0.717, 1.165) is 16.6 Å². The molecule has 174 valence electrons. The predicted molar refractivity (Wildman–Crippen MR) is 122 cm³/mol. The van der Waals surface area contributed by atoms with Gasteiger partial charge in [-0.15, -0.1) is 12.4 Å². The van der Waals surface area contributed by atoms with Gasteiger partial charge in [-0.3, -0.25) is 9.10 Å². The van der Waals surface area contributed by atoms with Crippen molar-refractivity contribution in [1.82, 2.24) is 0 Å². The van der Waals surface area contributed by atoms with Crippen LogP contribution >= 0.6 is 12.4 Å². The van der Waals surface area contributed by atoms with Crippen LogP contribution in [-0.2, 0) is 19.9 Å². The number of hydrogen-bond donors (Lipinski definition) is 2. The van der Waals surface area contributed by atoms with Gasteiger partial charge in [-0.1, -0.05) is 12.1 Å². The SMILES string of the molecule is Cc1cc(N2CC(c3ccc(F)cc3)CS2(=O)=O)c(S(C)(=O)=O)cc1C(=O)N=C(N)N.Cl. The number of nitrogens with zero attached hydrogens (tertiary/aromatic N) is 2. The average molecular weight is 505 g/mol. The Morgan fingerprint density at radius 3 is 2.31 bits per heavy atom. The van der Waals surface area contributed by atoms with E-state index in [1.807, 2.05) is 0 Å². The fourth-order valence-corrected chi connectivity index (χ4v) is 6.25. The van der Waals surface area contributed by atoms with Crippen LogP contribution in [-0.4, -0.2) is 47.3 Å². The molecule has 0 aliphatic carbocycles. The number of nitrogens with two attached hydrogens (primary N) is 2. The van der Waals surface area contributed by atoms with Gasteiger partial charge < -0.3 is 11.5 Å². The number of sulfone groups is 1. The molecule has 1 fully saturated rings. The number of aliphatic imine (C=N–C) groups is 1. The zero-order valence-electron chi connectivity index (χ0n) is 17.1. The van der Waals surface area contributed by atoms with Crippen LogP contribution in [0.15, 0.2) is 46.3 Å². The fourth-order valence-electron chi connectivity index (χ4n) is 3.47. The Morgan fingerprint density at radius 2 is 1.78 bits per heavy atom. The second-order valence-corrected chi connectivity index (χ2v) is 11.2. The Bertz CT molecular complexity index is 1290. The number of carbonyl (C=O) groups excluding carboxylic acids is 1. The molecule has 1 aliphatic heterocycles. The molecule has 2 aromatic rings. The number of halogens is 2. The zero-order valence-corrected chi connectivity index (χ0v) is 19.6. The van der Waals surface area contributed by atoms with Gasteiger partial charge in [-0.25, -0.2) is 21.2 Å². The molecule has 0 bridgehead atoms. The van der Waals surface area contributed by atoms with Gasteiger partial charge in [0.1, 0.15) is 5.82 Å². The summed E-state index contributed by atoms with van der Waals surface area (Å²) in [6.07, 6.45) is 0.913. The first kappa shape index (κ1) is 25.6. The largest absolute Gasteiger partial charge is 0.370 e. The molecule has 9 nitrogen and oxygen atoms in total. The minimum atomic E-state index is -3.93. The number of carbonyl (C=O) groups is 1. The summed E-state index contributed by atoms with van der Waals surface area (Å²) in [6.45, 7) is 1.49. The Labute approximate surface area is 191 Å². The topological polar surface area (TPSA) is 153 Å². The maximum atomic E-state index is 13.2. The predicted octanol–water partition coefficient (Wildman–Crippen LogP) is 1.31. The normalized spacial score (nSPS) is 17.5. The Kier molecular flexibility index (Phi) is 7.22. The van der Waals surface area contributed by atoms with Gasteiger partial charge in [0, 0.05) is 24.3 Å². The van der Waals surface area contributed by atoms with E-state index in [1.165, 1.54) is 37.3 Å². The van der Waals surface area contributed by atoms with E-state index in [1.54, 1.807) is 0 Å². The molecule has 3 rings (SSSR count). The first-order chi connectivity index (χ1) is 14.3. The molecule has 0 aromatic heterocycles. The second-order valence-electron chi connectivity index (χ2n) is 7.31. The van der Waals surface area contributed by atoms with Crippen LogP contribution in [0.3, 0.4) is 0 Å². The summed E-state index contributed by atoms with van der Waals surface area (Å²) in [5, 5.41) is 0. The van der Waals surface area contributed by atoms with E-state index in [4.69, 9.17) is 11.5 Å². The first-order valence-electron chi connectivity index (χ1n) is 9.04. The molecule has 4 N–H and O–H groups in total. The Morgan fingerprint density at radius 1 is 1.19 bits per heavy atom. The number of rotatable bonds is 4. The van der Waals surface area contributed by atoms with E-state index >= 15 is 0 Å².